The van der Waals surface area contributed by atoms with Crippen LogP contribution in [-0.2, 0) is 0 Å². The molecule has 0 bridgehead atoms. The first kappa shape index (κ1) is 11.3. The fourth-order valence-corrected chi connectivity index (χ4v) is 2.03. The smallest absolute Gasteiger partial charge is 0.137 e. The van der Waals surface area contributed by atoms with E-state index in [1.807, 2.05) is 17.5 Å². The number of aromatic nitrogens is 2. The molecule has 0 amide bonds. The summed E-state index contributed by atoms with van der Waals surface area (Å²) in [5.74, 6) is 0.609. The van der Waals surface area contributed by atoms with Crippen molar-refractivity contribution >= 4 is 23.1 Å². The minimum absolute atomic E-state index is 0.301. The Hall–Kier alpha value is -1.17. The summed E-state index contributed by atoms with van der Waals surface area (Å²) in [5.41, 5.74) is 7.68. The second-order valence-electron chi connectivity index (χ2n) is 3.20. The quantitative estimate of drug-likeness (QED) is 0.914. The van der Waals surface area contributed by atoms with Crippen LogP contribution in [0, 0.1) is 0 Å². The lowest BCUT2D eigenvalue weighted by Gasteiger charge is -2.11. The zero-order valence-electron chi connectivity index (χ0n) is 8.55. The van der Waals surface area contributed by atoms with Crippen LogP contribution < -0.4 is 10.5 Å². The van der Waals surface area contributed by atoms with Crippen LogP contribution in [-0.4, -0.2) is 16.7 Å². The maximum atomic E-state index is 6.04. The fourth-order valence-electron chi connectivity index (χ4n) is 1.35. The van der Waals surface area contributed by atoms with E-state index < -0.39 is 0 Å². The molecule has 4 nitrogen and oxygen atoms in total. The first-order chi connectivity index (χ1) is 7.72. The van der Waals surface area contributed by atoms with Gasteiger partial charge in [-0.2, -0.15) is 0 Å². The van der Waals surface area contributed by atoms with E-state index in [1.165, 1.54) is 11.5 Å². The van der Waals surface area contributed by atoms with Crippen molar-refractivity contribution in [3.8, 4) is 5.75 Å². The summed E-state index contributed by atoms with van der Waals surface area (Å²) < 4.78 is 8.92. The molecular formula is C10H10ClN3OS. The second-order valence-corrected chi connectivity index (χ2v) is 4.22. The molecule has 2 N–H and O–H groups in total. The third kappa shape index (κ3) is 2.16. The minimum Gasteiger partial charge on any atom is -0.495 e. The maximum absolute atomic E-state index is 6.04. The molecule has 1 atom stereocenters. The first-order valence-electron chi connectivity index (χ1n) is 4.58. The number of rotatable bonds is 3. The monoisotopic (exact) mass is 255 g/mol. The van der Waals surface area contributed by atoms with Gasteiger partial charge in [-0.1, -0.05) is 22.2 Å². The standard InChI is InChI=1S/C10H10ClN3OS/c1-15-9-4-6(2-3-7(9)11)10(12)8-5-16-14-13-8/h2-5,10H,12H2,1H3. The zero-order valence-corrected chi connectivity index (χ0v) is 10.1. The summed E-state index contributed by atoms with van der Waals surface area (Å²) in [7, 11) is 1.57. The van der Waals surface area contributed by atoms with Gasteiger partial charge in [-0.05, 0) is 29.2 Å². The number of hydrogen-bond donors (Lipinski definition) is 1. The number of hydrogen-bond acceptors (Lipinski definition) is 5. The molecule has 1 aromatic heterocycles. The molecule has 0 fully saturated rings. The molecule has 0 aliphatic heterocycles. The number of methoxy groups -OCH3 is 1. The zero-order chi connectivity index (χ0) is 11.5. The molecule has 1 heterocycles. The van der Waals surface area contributed by atoms with Crippen LogP contribution in [0.25, 0.3) is 0 Å². The summed E-state index contributed by atoms with van der Waals surface area (Å²) >= 11 is 7.21. The van der Waals surface area contributed by atoms with Crippen molar-refractivity contribution < 1.29 is 4.74 Å². The molecule has 2 rings (SSSR count). The molecule has 6 heteroatoms. The Kier molecular flexibility index (Phi) is 3.38. The fraction of sp³-hybridized carbons (Fsp3) is 0.200. The van der Waals surface area contributed by atoms with Crippen LogP contribution in [0.3, 0.4) is 0 Å². The average Bonchev–Trinajstić information content (AvgIpc) is 2.82. The Morgan fingerprint density at radius 1 is 1.50 bits per heavy atom. The Balaban J connectivity index is 2.34. The number of ether oxygens (including phenoxy) is 1. The van der Waals surface area contributed by atoms with Crippen LogP contribution in [0.2, 0.25) is 5.02 Å². The van der Waals surface area contributed by atoms with Crippen molar-refractivity contribution in [2.75, 3.05) is 7.11 Å². The molecule has 84 valence electrons. The van der Waals surface area contributed by atoms with Gasteiger partial charge in [-0.25, -0.2) is 0 Å². The predicted octanol–water partition coefficient (Wildman–Crippen LogP) is 2.25. The highest BCUT2D eigenvalue weighted by atomic mass is 35.5. The van der Waals surface area contributed by atoms with Gasteiger partial charge in [0.2, 0.25) is 0 Å². The van der Waals surface area contributed by atoms with E-state index in [1.54, 1.807) is 13.2 Å². The Morgan fingerprint density at radius 3 is 2.94 bits per heavy atom. The van der Waals surface area contributed by atoms with E-state index in [-0.39, 0.29) is 6.04 Å². The third-order valence-electron chi connectivity index (χ3n) is 2.23. The highest BCUT2D eigenvalue weighted by Gasteiger charge is 2.13. The van der Waals surface area contributed by atoms with Crippen LogP contribution >= 0.6 is 23.1 Å². The van der Waals surface area contributed by atoms with Crippen LogP contribution in [0.5, 0.6) is 5.75 Å². The van der Waals surface area contributed by atoms with E-state index in [2.05, 4.69) is 9.59 Å². The van der Waals surface area contributed by atoms with Crippen LogP contribution in [0.15, 0.2) is 23.6 Å². The third-order valence-corrected chi connectivity index (χ3v) is 3.06. The highest BCUT2D eigenvalue weighted by molar-refractivity contribution is 7.03. The maximum Gasteiger partial charge on any atom is 0.137 e. The molecule has 1 aromatic carbocycles. The number of halogens is 1. The molecule has 2 aromatic rings. The summed E-state index contributed by atoms with van der Waals surface area (Å²) in [6.07, 6.45) is 0. The summed E-state index contributed by atoms with van der Waals surface area (Å²) in [5, 5.41) is 6.33. The molecule has 0 spiro atoms. The van der Waals surface area contributed by atoms with Gasteiger partial charge >= 0.3 is 0 Å². The van der Waals surface area contributed by atoms with Gasteiger partial charge in [0.25, 0.3) is 0 Å². The van der Waals surface area contributed by atoms with Crippen molar-refractivity contribution in [3.05, 3.63) is 39.9 Å². The lowest BCUT2D eigenvalue weighted by molar-refractivity contribution is 0.414. The van der Waals surface area contributed by atoms with Gasteiger partial charge in [0.15, 0.2) is 0 Å². The van der Waals surface area contributed by atoms with E-state index in [4.69, 9.17) is 22.1 Å². The number of nitrogens with two attached hydrogens (primary N) is 1. The van der Waals surface area contributed by atoms with Crippen molar-refractivity contribution in [1.29, 1.82) is 0 Å². The minimum atomic E-state index is -0.301. The van der Waals surface area contributed by atoms with Gasteiger partial charge in [0.1, 0.15) is 5.75 Å². The highest BCUT2D eigenvalue weighted by Crippen LogP contribution is 2.28. The van der Waals surface area contributed by atoms with E-state index in [0.717, 1.165) is 11.3 Å². The molecule has 0 saturated carbocycles. The Bertz CT molecular complexity index is 475. The van der Waals surface area contributed by atoms with Crippen molar-refractivity contribution in [1.82, 2.24) is 9.59 Å². The predicted molar refractivity (Wildman–Crippen MR) is 63.9 cm³/mol. The number of benzene rings is 1. The van der Waals surface area contributed by atoms with Crippen molar-refractivity contribution in [2.24, 2.45) is 5.73 Å². The SMILES string of the molecule is COc1cc(C(N)c2csnn2)ccc1Cl. The lowest BCUT2D eigenvalue weighted by atomic mass is 10.1. The molecule has 0 radical (unpaired) electrons. The molecule has 0 saturated heterocycles. The van der Waals surface area contributed by atoms with Crippen molar-refractivity contribution in [2.45, 2.75) is 6.04 Å². The van der Waals surface area contributed by atoms with Gasteiger partial charge in [0.05, 0.1) is 23.9 Å². The molecular weight excluding hydrogens is 246 g/mol. The van der Waals surface area contributed by atoms with Gasteiger partial charge in [-0.3, -0.25) is 0 Å². The van der Waals surface area contributed by atoms with Crippen LogP contribution in [0.1, 0.15) is 17.3 Å². The Labute approximate surface area is 102 Å². The Morgan fingerprint density at radius 2 is 2.31 bits per heavy atom. The lowest BCUT2D eigenvalue weighted by Crippen LogP contribution is -2.12. The largest absolute Gasteiger partial charge is 0.495 e. The molecule has 1 unspecified atom stereocenters. The van der Waals surface area contributed by atoms with E-state index in [0.29, 0.717) is 10.8 Å². The van der Waals surface area contributed by atoms with E-state index in [9.17, 15) is 0 Å². The van der Waals surface area contributed by atoms with Gasteiger partial charge in [0, 0.05) is 5.38 Å². The summed E-state index contributed by atoms with van der Waals surface area (Å²) in [4.78, 5) is 0. The van der Waals surface area contributed by atoms with Crippen molar-refractivity contribution in [3.63, 3.8) is 0 Å². The normalized spacial score (nSPS) is 12.4. The number of nitrogens with zero attached hydrogens (tertiary/aromatic N) is 2. The second kappa shape index (κ2) is 4.78. The van der Waals surface area contributed by atoms with Gasteiger partial charge in [-0.15, -0.1) is 5.10 Å². The molecule has 0 aliphatic carbocycles. The first-order valence-corrected chi connectivity index (χ1v) is 5.80. The van der Waals surface area contributed by atoms with Gasteiger partial charge < -0.3 is 10.5 Å². The van der Waals surface area contributed by atoms with Crippen LogP contribution in [0.4, 0.5) is 0 Å². The topological polar surface area (TPSA) is 61.0 Å². The average molecular weight is 256 g/mol. The molecule has 16 heavy (non-hydrogen) atoms. The molecule has 0 aliphatic rings. The summed E-state index contributed by atoms with van der Waals surface area (Å²) in [6, 6.07) is 5.13. The van der Waals surface area contributed by atoms with E-state index >= 15 is 0 Å². The summed E-state index contributed by atoms with van der Waals surface area (Å²) in [6.45, 7) is 0.